The summed E-state index contributed by atoms with van der Waals surface area (Å²) in [6, 6.07) is 48.6. The molecule has 9 aromatic rings. The van der Waals surface area contributed by atoms with Gasteiger partial charge >= 0.3 is 0 Å². The van der Waals surface area contributed by atoms with Gasteiger partial charge in [-0.1, -0.05) is 109 Å². The van der Waals surface area contributed by atoms with Gasteiger partial charge in [-0.15, -0.1) is 0 Å². The molecule has 0 unspecified atom stereocenters. The van der Waals surface area contributed by atoms with Crippen LogP contribution in [-0.4, -0.2) is 22.6 Å². The Balaban J connectivity index is 1.35. The van der Waals surface area contributed by atoms with E-state index in [1.54, 1.807) is 0 Å². The third-order valence-electron chi connectivity index (χ3n) is 11.4. The molecular weight excluding hydrogens is 586 g/mol. The predicted molar refractivity (Wildman–Crippen MR) is 197 cm³/mol. The molecule has 13 rings (SSSR count). The number of nitrogens with zero attached hydrogens (tertiary/aromatic N) is 2. The van der Waals surface area contributed by atoms with E-state index in [9.17, 15) is 0 Å². The average Bonchev–Trinajstić information content (AvgIpc) is 3.66. The number of para-hydroxylation sites is 6. The lowest BCUT2D eigenvalue weighted by atomic mass is 9.31. The van der Waals surface area contributed by atoms with E-state index in [1.165, 1.54) is 87.8 Å². The Morgan fingerprint density at radius 2 is 0.771 bits per heavy atom. The summed E-state index contributed by atoms with van der Waals surface area (Å²) in [6.07, 6.45) is 0. The van der Waals surface area contributed by atoms with Gasteiger partial charge in [0.05, 0.1) is 22.4 Å². The van der Waals surface area contributed by atoms with Crippen molar-refractivity contribution < 1.29 is 9.47 Å². The molecule has 2 aromatic heterocycles. The molecule has 0 fully saturated rings. The van der Waals surface area contributed by atoms with Crippen molar-refractivity contribution in [3.05, 3.63) is 133 Å². The van der Waals surface area contributed by atoms with Gasteiger partial charge < -0.3 is 18.6 Å². The molecular formula is C42H22B2N2O2. The lowest BCUT2D eigenvalue weighted by molar-refractivity contribution is 0.424. The Labute approximate surface area is 275 Å². The monoisotopic (exact) mass is 608 g/mol. The highest BCUT2D eigenvalue weighted by Crippen LogP contribution is 2.47. The largest absolute Gasteiger partial charge is 0.454 e. The molecule has 0 spiro atoms. The third-order valence-corrected chi connectivity index (χ3v) is 11.4. The van der Waals surface area contributed by atoms with Gasteiger partial charge in [-0.05, 0) is 46.1 Å². The summed E-state index contributed by atoms with van der Waals surface area (Å²) in [5.74, 6) is 3.45. The number of ether oxygens (including phenoxy) is 2. The fourth-order valence-corrected chi connectivity index (χ4v) is 9.73. The van der Waals surface area contributed by atoms with Crippen molar-refractivity contribution in [2.24, 2.45) is 0 Å². The summed E-state index contributed by atoms with van der Waals surface area (Å²) in [6.45, 7) is -0.0357. The van der Waals surface area contributed by atoms with E-state index < -0.39 is 0 Å². The standard InChI is InChI=1S/C42H22B2N2O2/c1-5-19-31-23(11-1)25-13-9-17-29-37(25)45(31)39-35-41(47-33-21-7-3-15-27(33)43(29)35)42-36-40(39)46-32-20-6-2-12-24(32)26-14-10-18-30(38(26)46)44(36)28-16-4-8-22-34(28)48-42/h1-22H. The van der Waals surface area contributed by atoms with Gasteiger partial charge in [0.1, 0.15) is 11.5 Å². The Morgan fingerprint density at radius 1 is 0.375 bits per heavy atom. The van der Waals surface area contributed by atoms with Crippen LogP contribution in [0.15, 0.2) is 133 Å². The minimum absolute atomic E-state index is 0.0179. The van der Waals surface area contributed by atoms with Gasteiger partial charge in [0.25, 0.3) is 13.4 Å². The van der Waals surface area contributed by atoms with Crippen LogP contribution in [0, 0.1) is 0 Å². The molecule has 6 heteroatoms. The highest BCUT2D eigenvalue weighted by molar-refractivity contribution is 7.02. The Hall–Kier alpha value is -6.13. The molecule has 4 nitrogen and oxygen atoms in total. The SMILES string of the molecule is c1ccc2c(c1)Oc1c3c4c(c5c1B2c1cccc2c6ccccc6n-5c12)-n1c2ccccc2c2cccc(c21)B4c1ccccc1O3. The second-order valence-corrected chi connectivity index (χ2v) is 13.5. The van der Waals surface area contributed by atoms with Crippen molar-refractivity contribution >= 4 is 89.8 Å². The van der Waals surface area contributed by atoms with E-state index in [4.69, 9.17) is 9.47 Å². The van der Waals surface area contributed by atoms with Crippen LogP contribution in [0.5, 0.6) is 23.0 Å². The fraction of sp³-hybridized carbons (Fsp3) is 0. The summed E-state index contributed by atoms with van der Waals surface area (Å²) in [4.78, 5) is 0. The van der Waals surface area contributed by atoms with Crippen molar-refractivity contribution in [1.82, 2.24) is 9.13 Å². The molecule has 0 amide bonds. The van der Waals surface area contributed by atoms with Gasteiger partial charge in [0.15, 0.2) is 11.5 Å². The molecule has 0 aliphatic carbocycles. The molecule has 7 aromatic carbocycles. The molecule has 0 atom stereocenters. The van der Waals surface area contributed by atoms with E-state index in [-0.39, 0.29) is 13.4 Å². The molecule has 0 bridgehead atoms. The zero-order chi connectivity index (χ0) is 30.8. The topological polar surface area (TPSA) is 28.3 Å². The number of benzene rings is 7. The van der Waals surface area contributed by atoms with E-state index in [0.717, 1.165) is 23.0 Å². The molecule has 4 aliphatic rings. The van der Waals surface area contributed by atoms with Crippen LogP contribution >= 0.6 is 0 Å². The van der Waals surface area contributed by atoms with Crippen LogP contribution in [0.4, 0.5) is 0 Å². The number of aromatic nitrogens is 2. The zero-order valence-electron chi connectivity index (χ0n) is 25.6. The van der Waals surface area contributed by atoms with Gasteiger partial charge in [0, 0.05) is 43.5 Å². The van der Waals surface area contributed by atoms with Gasteiger partial charge in [-0.3, -0.25) is 0 Å². The van der Waals surface area contributed by atoms with Crippen LogP contribution < -0.4 is 42.3 Å². The van der Waals surface area contributed by atoms with Gasteiger partial charge in [0.2, 0.25) is 0 Å². The van der Waals surface area contributed by atoms with Crippen LogP contribution in [0.1, 0.15) is 0 Å². The van der Waals surface area contributed by atoms with Crippen LogP contribution in [0.2, 0.25) is 0 Å². The van der Waals surface area contributed by atoms with Crippen LogP contribution in [0.25, 0.3) is 55.0 Å². The molecule has 218 valence electrons. The van der Waals surface area contributed by atoms with Gasteiger partial charge in [-0.2, -0.15) is 0 Å². The van der Waals surface area contributed by atoms with Crippen molar-refractivity contribution in [1.29, 1.82) is 0 Å². The first-order valence-corrected chi connectivity index (χ1v) is 16.7. The summed E-state index contributed by atoms with van der Waals surface area (Å²) in [7, 11) is 0. The van der Waals surface area contributed by atoms with Crippen molar-refractivity contribution in [3.8, 4) is 34.4 Å². The van der Waals surface area contributed by atoms with E-state index in [1.807, 2.05) is 0 Å². The van der Waals surface area contributed by atoms with E-state index in [2.05, 4.69) is 143 Å². The lowest BCUT2D eigenvalue weighted by Crippen LogP contribution is -2.63. The maximum absolute atomic E-state index is 7.09. The van der Waals surface area contributed by atoms with E-state index in [0.29, 0.717) is 0 Å². The first kappa shape index (κ1) is 24.1. The number of hydrogen-bond donors (Lipinski definition) is 0. The lowest BCUT2D eigenvalue weighted by Gasteiger charge is -2.41. The Bertz CT molecular complexity index is 2790. The van der Waals surface area contributed by atoms with E-state index >= 15 is 0 Å². The summed E-state index contributed by atoms with van der Waals surface area (Å²) < 4.78 is 19.3. The number of fused-ring (bicyclic) bond motifs is 16. The normalized spacial score (nSPS) is 14.1. The zero-order valence-corrected chi connectivity index (χ0v) is 25.6. The summed E-state index contributed by atoms with van der Waals surface area (Å²) >= 11 is 0. The second kappa shape index (κ2) is 8.04. The highest BCUT2D eigenvalue weighted by atomic mass is 16.5. The minimum Gasteiger partial charge on any atom is -0.454 e. The molecule has 6 heterocycles. The molecule has 48 heavy (non-hydrogen) atoms. The minimum atomic E-state index is -0.0179. The Kier molecular flexibility index (Phi) is 4.04. The third kappa shape index (κ3) is 2.54. The highest BCUT2D eigenvalue weighted by Gasteiger charge is 2.50. The smallest absolute Gasteiger partial charge is 0.256 e. The van der Waals surface area contributed by atoms with Crippen molar-refractivity contribution in [2.45, 2.75) is 0 Å². The van der Waals surface area contributed by atoms with Gasteiger partial charge in [-0.25, -0.2) is 0 Å². The summed E-state index contributed by atoms with van der Waals surface area (Å²) in [5.41, 5.74) is 14.7. The van der Waals surface area contributed by atoms with Crippen LogP contribution in [0.3, 0.4) is 0 Å². The predicted octanol–water partition coefficient (Wildman–Crippen LogP) is 5.75. The maximum atomic E-state index is 7.09. The van der Waals surface area contributed by atoms with Crippen molar-refractivity contribution in [2.75, 3.05) is 0 Å². The summed E-state index contributed by atoms with van der Waals surface area (Å²) in [5, 5.41) is 5.08. The molecule has 4 aliphatic heterocycles. The van der Waals surface area contributed by atoms with Crippen molar-refractivity contribution in [3.63, 3.8) is 0 Å². The average molecular weight is 608 g/mol. The molecule has 0 radical (unpaired) electrons. The second-order valence-electron chi connectivity index (χ2n) is 13.5. The quantitative estimate of drug-likeness (QED) is 0.205. The maximum Gasteiger partial charge on any atom is 0.256 e. The molecule has 0 saturated carbocycles. The number of hydrogen-bond acceptors (Lipinski definition) is 2. The molecule has 0 N–H and O–H groups in total. The Morgan fingerprint density at radius 3 is 1.27 bits per heavy atom. The first-order valence-electron chi connectivity index (χ1n) is 16.7. The van der Waals surface area contributed by atoms with Crippen LogP contribution in [-0.2, 0) is 0 Å². The first-order chi connectivity index (χ1) is 23.9. The fourth-order valence-electron chi connectivity index (χ4n) is 9.73. The number of rotatable bonds is 0. The molecule has 0 saturated heterocycles.